The molecule has 0 bridgehead atoms. The minimum atomic E-state index is -0.0186. The Labute approximate surface area is 112 Å². The first-order valence-corrected chi connectivity index (χ1v) is 7.08. The topological polar surface area (TPSA) is 78.2 Å². The van der Waals surface area contributed by atoms with Gasteiger partial charge in [-0.25, -0.2) is 0 Å². The van der Waals surface area contributed by atoms with Crippen molar-refractivity contribution in [2.45, 2.75) is 31.7 Å². The van der Waals surface area contributed by atoms with Crippen LogP contribution >= 0.6 is 0 Å². The molecule has 1 aromatic rings. The van der Waals surface area contributed by atoms with Crippen molar-refractivity contribution in [2.24, 2.45) is 0 Å². The van der Waals surface area contributed by atoms with Gasteiger partial charge in [-0.15, -0.1) is 0 Å². The fourth-order valence-corrected chi connectivity index (χ4v) is 3.17. The Kier molecular flexibility index (Phi) is 3.42. The number of aromatic nitrogens is 2. The third-order valence-corrected chi connectivity index (χ3v) is 4.29. The summed E-state index contributed by atoms with van der Waals surface area (Å²) in [5, 5.41) is 6.50. The van der Waals surface area contributed by atoms with Gasteiger partial charge in [-0.05, 0) is 38.8 Å². The van der Waals surface area contributed by atoms with Crippen molar-refractivity contribution in [2.75, 3.05) is 31.9 Å². The predicted molar refractivity (Wildman–Crippen MR) is 72.7 cm³/mol. The van der Waals surface area contributed by atoms with E-state index in [1.54, 1.807) is 0 Å². The number of hydrogen-bond acceptors (Lipinski definition) is 4. The van der Waals surface area contributed by atoms with Crippen molar-refractivity contribution in [3.05, 3.63) is 11.9 Å². The molecule has 0 saturated carbocycles. The Morgan fingerprint density at radius 2 is 1.95 bits per heavy atom. The second-order valence-electron chi connectivity index (χ2n) is 5.47. The number of aromatic amines is 1. The molecule has 3 heterocycles. The molecular weight excluding hydrogens is 242 g/mol. The SMILES string of the molecule is Nc1cn[nH]c1C(=O)N1CCC(N2CCCC2)CC1. The van der Waals surface area contributed by atoms with Gasteiger partial charge in [-0.1, -0.05) is 0 Å². The summed E-state index contributed by atoms with van der Waals surface area (Å²) in [6.07, 6.45) is 6.28. The van der Waals surface area contributed by atoms with Crippen molar-refractivity contribution in [3.8, 4) is 0 Å². The second kappa shape index (κ2) is 5.21. The van der Waals surface area contributed by atoms with E-state index < -0.39 is 0 Å². The van der Waals surface area contributed by atoms with Gasteiger partial charge in [0.1, 0.15) is 5.69 Å². The van der Waals surface area contributed by atoms with Crippen LogP contribution in [0.3, 0.4) is 0 Å². The highest BCUT2D eigenvalue weighted by Gasteiger charge is 2.29. The number of carbonyl (C=O) groups is 1. The lowest BCUT2D eigenvalue weighted by atomic mass is 10.0. The van der Waals surface area contributed by atoms with E-state index in [0.717, 1.165) is 25.9 Å². The van der Waals surface area contributed by atoms with Crippen LogP contribution < -0.4 is 5.73 Å². The van der Waals surface area contributed by atoms with Crippen LogP contribution in [-0.2, 0) is 0 Å². The van der Waals surface area contributed by atoms with E-state index in [2.05, 4.69) is 15.1 Å². The van der Waals surface area contributed by atoms with Crippen LogP contribution in [0.2, 0.25) is 0 Å². The summed E-state index contributed by atoms with van der Waals surface area (Å²) in [6, 6.07) is 0.658. The maximum Gasteiger partial charge on any atom is 0.274 e. The van der Waals surface area contributed by atoms with Crippen molar-refractivity contribution in [1.82, 2.24) is 20.0 Å². The van der Waals surface area contributed by atoms with Crippen LogP contribution in [-0.4, -0.2) is 58.1 Å². The normalized spacial score (nSPS) is 22.0. The maximum atomic E-state index is 12.3. The summed E-state index contributed by atoms with van der Waals surface area (Å²) in [7, 11) is 0. The zero-order chi connectivity index (χ0) is 13.2. The number of nitrogens with zero attached hydrogens (tertiary/aromatic N) is 3. The largest absolute Gasteiger partial charge is 0.396 e. The van der Waals surface area contributed by atoms with Crippen molar-refractivity contribution < 1.29 is 4.79 Å². The van der Waals surface area contributed by atoms with Crippen LogP contribution in [0.1, 0.15) is 36.2 Å². The van der Waals surface area contributed by atoms with Gasteiger partial charge >= 0.3 is 0 Å². The number of likely N-dealkylation sites (tertiary alicyclic amines) is 2. The summed E-state index contributed by atoms with van der Waals surface area (Å²) in [5.74, 6) is -0.0186. The van der Waals surface area contributed by atoms with Gasteiger partial charge < -0.3 is 15.5 Å². The maximum absolute atomic E-state index is 12.3. The molecule has 0 radical (unpaired) electrons. The summed E-state index contributed by atoms with van der Waals surface area (Å²) in [5.41, 5.74) is 6.59. The van der Waals surface area contributed by atoms with E-state index in [4.69, 9.17) is 5.73 Å². The first-order valence-electron chi connectivity index (χ1n) is 7.08. The van der Waals surface area contributed by atoms with E-state index in [0.29, 0.717) is 17.4 Å². The number of piperidine rings is 1. The molecule has 0 atom stereocenters. The highest BCUT2D eigenvalue weighted by atomic mass is 16.2. The quantitative estimate of drug-likeness (QED) is 0.823. The van der Waals surface area contributed by atoms with Crippen molar-refractivity contribution in [1.29, 1.82) is 0 Å². The summed E-state index contributed by atoms with van der Waals surface area (Å²) in [6.45, 7) is 4.09. The third-order valence-electron chi connectivity index (χ3n) is 4.29. The second-order valence-corrected chi connectivity index (χ2v) is 5.47. The lowest BCUT2D eigenvalue weighted by Gasteiger charge is -2.36. The number of nitrogens with one attached hydrogen (secondary N) is 1. The number of rotatable bonds is 2. The fourth-order valence-electron chi connectivity index (χ4n) is 3.17. The molecule has 0 unspecified atom stereocenters. The average Bonchev–Trinajstić information content (AvgIpc) is 3.09. The number of carbonyl (C=O) groups excluding carboxylic acids is 1. The Hall–Kier alpha value is -1.56. The summed E-state index contributed by atoms with van der Waals surface area (Å²) < 4.78 is 0. The van der Waals surface area contributed by atoms with Crippen LogP contribution in [0.25, 0.3) is 0 Å². The molecule has 0 aliphatic carbocycles. The fraction of sp³-hybridized carbons (Fsp3) is 0.692. The summed E-state index contributed by atoms with van der Waals surface area (Å²) in [4.78, 5) is 16.7. The lowest BCUT2D eigenvalue weighted by Crippen LogP contribution is -2.46. The molecule has 2 fully saturated rings. The zero-order valence-corrected chi connectivity index (χ0v) is 11.1. The average molecular weight is 263 g/mol. The van der Waals surface area contributed by atoms with Gasteiger partial charge in [0.25, 0.3) is 5.91 Å². The molecule has 1 aromatic heterocycles. The number of H-pyrrole nitrogens is 1. The molecule has 2 aliphatic rings. The molecule has 19 heavy (non-hydrogen) atoms. The Morgan fingerprint density at radius 1 is 1.26 bits per heavy atom. The third kappa shape index (κ3) is 2.45. The molecule has 3 rings (SSSR count). The first-order chi connectivity index (χ1) is 9.25. The van der Waals surface area contributed by atoms with Gasteiger partial charge in [-0.3, -0.25) is 9.89 Å². The number of nitrogens with two attached hydrogens (primary N) is 1. The standard InChI is InChI=1S/C13H21N5O/c14-11-9-15-16-12(11)13(19)18-7-3-10(4-8-18)17-5-1-2-6-17/h9-10H,1-8,14H2,(H,15,16). The van der Waals surface area contributed by atoms with Crippen LogP contribution in [0.5, 0.6) is 0 Å². The molecule has 2 saturated heterocycles. The Bertz CT molecular complexity index is 444. The Balaban J connectivity index is 1.58. The zero-order valence-electron chi connectivity index (χ0n) is 11.1. The van der Waals surface area contributed by atoms with E-state index in [-0.39, 0.29) is 5.91 Å². The molecule has 3 N–H and O–H groups in total. The van der Waals surface area contributed by atoms with Crippen molar-refractivity contribution >= 4 is 11.6 Å². The molecule has 1 amide bonds. The number of nitrogen functional groups attached to an aromatic ring is 1. The first kappa shape index (κ1) is 12.5. The highest BCUT2D eigenvalue weighted by molar-refractivity contribution is 5.97. The van der Waals surface area contributed by atoms with Gasteiger partial charge in [0.2, 0.25) is 0 Å². The minimum absolute atomic E-state index is 0.0186. The molecule has 6 heteroatoms. The van der Waals surface area contributed by atoms with Gasteiger partial charge in [0.15, 0.2) is 0 Å². The lowest BCUT2D eigenvalue weighted by molar-refractivity contribution is 0.0640. The number of amides is 1. The molecule has 6 nitrogen and oxygen atoms in total. The molecule has 2 aliphatic heterocycles. The van der Waals surface area contributed by atoms with E-state index in [1.807, 2.05) is 4.90 Å². The van der Waals surface area contributed by atoms with Crippen LogP contribution in [0, 0.1) is 0 Å². The molecule has 0 aromatic carbocycles. The van der Waals surface area contributed by atoms with E-state index >= 15 is 0 Å². The molecule has 104 valence electrons. The van der Waals surface area contributed by atoms with E-state index in [9.17, 15) is 4.79 Å². The smallest absolute Gasteiger partial charge is 0.274 e. The van der Waals surface area contributed by atoms with Crippen molar-refractivity contribution in [3.63, 3.8) is 0 Å². The number of anilines is 1. The molecular formula is C13H21N5O. The minimum Gasteiger partial charge on any atom is -0.396 e. The number of hydrogen-bond donors (Lipinski definition) is 2. The monoisotopic (exact) mass is 263 g/mol. The van der Waals surface area contributed by atoms with Gasteiger partial charge in [0.05, 0.1) is 11.9 Å². The van der Waals surface area contributed by atoms with Crippen LogP contribution in [0.4, 0.5) is 5.69 Å². The van der Waals surface area contributed by atoms with Gasteiger partial charge in [-0.2, -0.15) is 5.10 Å². The highest BCUT2D eigenvalue weighted by Crippen LogP contribution is 2.22. The van der Waals surface area contributed by atoms with Gasteiger partial charge in [0, 0.05) is 19.1 Å². The molecule has 0 spiro atoms. The summed E-state index contributed by atoms with van der Waals surface area (Å²) >= 11 is 0. The van der Waals surface area contributed by atoms with Crippen LogP contribution in [0.15, 0.2) is 6.20 Å². The predicted octanol–water partition coefficient (Wildman–Crippen LogP) is 0.692. The Morgan fingerprint density at radius 3 is 2.53 bits per heavy atom. The van der Waals surface area contributed by atoms with E-state index in [1.165, 1.54) is 32.1 Å².